The van der Waals surface area contributed by atoms with Crippen molar-refractivity contribution in [3.05, 3.63) is 0 Å². The van der Waals surface area contributed by atoms with Crippen LogP contribution in [-0.2, 0) is 4.79 Å². The summed E-state index contributed by atoms with van der Waals surface area (Å²) >= 11 is 0. The molecule has 17 heavy (non-hydrogen) atoms. The average molecular weight is 239 g/mol. The lowest BCUT2D eigenvalue weighted by Gasteiger charge is -2.31. The van der Waals surface area contributed by atoms with Gasteiger partial charge < -0.3 is 4.90 Å². The van der Waals surface area contributed by atoms with Crippen molar-refractivity contribution in [3.8, 4) is 0 Å². The summed E-state index contributed by atoms with van der Waals surface area (Å²) in [6.07, 6.45) is 10.5. The number of rotatable bonds is 8. The van der Waals surface area contributed by atoms with E-state index >= 15 is 0 Å². The van der Waals surface area contributed by atoms with E-state index in [1.807, 2.05) is 0 Å². The Morgan fingerprint density at radius 2 is 1.88 bits per heavy atom. The van der Waals surface area contributed by atoms with Gasteiger partial charge in [-0.15, -0.1) is 0 Å². The minimum atomic E-state index is 0.323. The Bertz CT molecular complexity index is 215. The van der Waals surface area contributed by atoms with Crippen LogP contribution in [0, 0.1) is 5.92 Å². The second-order valence-corrected chi connectivity index (χ2v) is 5.52. The Hall–Kier alpha value is -0.370. The van der Waals surface area contributed by atoms with E-state index in [-0.39, 0.29) is 0 Å². The molecule has 100 valence electrons. The van der Waals surface area contributed by atoms with Gasteiger partial charge in [0.15, 0.2) is 0 Å². The van der Waals surface area contributed by atoms with E-state index in [0.29, 0.717) is 11.7 Å². The van der Waals surface area contributed by atoms with Gasteiger partial charge in [0.05, 0.1) is 0 Å². The van der Waals surface area contributed by atoms with Crippen molar-refractivity contribution in [2.45, 2.75) is 65.2 Å². The van der Waals surface area contributed by atoms with Gasteiger partial charge in [0.2, 0.25) is 0 Å². The first-order valence-electron chi connectivity index (χ1n) is 7.47. The fraction of sp³-hybridized carbons (Fsp3) is 0.933. The smallest absolute Gasteiger partial charge is 0.134 e. The molecule has 1 aliphatic heterocycles. The molecule has 1 fully saturated rings. The number of Topliss-reactive ketones (excluding diaryl/α,β-unsaturated/α-hetero) is 1. The van der Waals surface area contributed by atoms with Gasteiger partial charge in [-0.3, -0.25) is 4.79 Å². The van der Waals surface area contributed by atoms with Gasteiger partial charge in [-0.1, -0.05) is 39.0 Å². The van der Waals surface area contributed by atoms with Crippen LogP contribution >= 0.6 is 0 Å². The number of unbranched alkanes of at least 4 members (excludes halogenated alkanes) is 5. The van der Waals surface area contributed by atoms with Crippen LogP contribution < -0.4 is 0 Å². The van der Waals surface area contributed by atoms with Gasteiger partial charge >= 0.3 is 0 Å². The predicted molar refractivity (Wildman–Crippen MR) is 73.2 cm³/mol. The average Bonchev–Trinajstić information content (AvgIpc) is 2.34. The minimum Gasteiger partial charge on any atom is -0.303 e. The Labute approximate surface area is 107 Å². The van der Waals surface area contributed by atoms with Crippen LogP contribution in [0.4, 0.5) is 0 Å². The molecule has 0 aromatic rings. The first-order chi connectivity index (χ1) is 8.24. The Morgan fingerprint density at radius 3 is 2.59 bits per heavy atom. The number of ketones is 1. The normalized spacial score (nSPS) is 21.6. The Kier molecular flexibility index (Phi) is 7.50. The van der Waals surface area contributed by atoms with Crippen molar-refractivity contribution in [1.82, 2.24) is 4.90 Å². The zero-order valence-corrected chi connectivity index (χ0v) is 11.7. The van der Waals surface area contributed by atoms with Gasteiger partial charge in [-0.05, 0) is 39.3 Å². The lowest BCUT2D eigenvalue weighted by molar-refractivity contribution is -0.122. The monoisotopic (exact) mass is 239 g/mol. The minimum absolute atomic E-state index is 0.323. The quantitative estimate of drug-likeness (QED) is 0.603. The van der Waals surface area contributed by atoms with Crippen LogP contribution in [0.25, 0.3) is 0 Å². The molecule has 1 heterocycles. The topological polar surface area (TPSA) is 20.3 Å². The van der Waals surface area contributed by atoms with Gasteiger partial charge in [-0.25, -0.2) is 0 Å². The van der Waals surface area contributed by atoms with Crippen molar-refractivity contribution < 1.29 is 4.79 Å². The molecule has 1 rings (SSSR count). The SMILES string of the molecule is CCCCCCCCN1CCCC(C(C)=O)C1. The van der Waals surface area contributed by atoms with Gasteiger partial charge in [0, 0.05) is 12.5 Å². The van der Waals surface area contributed by atoms with E-state index < -0.39 is 0 Å². The first kappa shape index (κ1) is 14.7. The summed E-state index contributed by atoms with van der Waals surface area (Å²) in [5, 5.41) is 0. The lowest BCUT2D eigenvalue weighted by Crippen LogP contribution is -2.38. The molecule has 1 unspecified atom stereocenters. The molecule has 2 heteroatoms. The summed E-state index contributed by atoms with van der Waals surface area (Å²) in [6, 6.07) is 0. The van der Waals surface area contributed by atoms with Crippen LogP contribution in [-0.4, -0.2) is 30.3 Å². The third-order valence-electron chi connectivity index (χ3n) is 3.91. The number of likely N-dealkylation sites (tertiary alicyclic amines) is 1. The van der Waals surface area contributed by atoms with Crippen LogP contribution in [0.2, 0.25) is 0 Å². The maximum Gasteiger partial charge on any atom is 0.134 e. The Morgan fingerprint density at radius 1 is 1.18 bits per heavy atom. The highest BCUT2D eigenvalue weighted by molar-refractivity contribution is 5.78. The van der Waals surface area contributed by atoms with E-state index in [1.165, 1.54) is 58.0 Å². The summed E-state index contributed by atoms with van der Waals surface area (Å²) in [5.74, 6) is 0.710. The first-order valence-corrected chi connectivity index (χ1v) is 7.47. The molecule has 1 aliphatic rings. The van der Waals surface area contributed by atoms with Crippen molar-refractivity contribution in [3.63, 3.8) is 0 Å². The molecule has 0 bridgehead atoms. The zero-order chi connectivity index (χ0) is 12.5. The summed E-state index contributed by atoms with van der Waals surface area (Å²) in [7, 11) is 0. The molecule has 0 radical (unpaired) electrons. The van der Waals surface area contributed by atoms with Crippen LogP contribution in [0.3, 0.4) is 0 Å². The lowest BCUT2D eigenvalue weighted by atomic mass is 9.94. The number of carbonyl (C=O) groups is 1. The van der Waals surface area contributed by atoms with Crippen LogP contribution in [0.5, 0.6) is 0 Å². The molecule has 1 saturated heterocycles. The van der Waals surface area contributed by atoms with E-state index in [4.69, 9.17) is 0 Å². The Balaban J connectivity index is 2.04. The molecule has 0 aromatic heterocycles. The van der Waals surface area contributed by atoms with E-state index in [9.17, 15) is 4.79 Å². The second-order valence-electron chi connectivity index (χ2n) is 5.52. The number of hydrogen-bond donors (Lipinski definition) is 0. The van der Waals surface area contributed by atoms with Crippen molar-refractivity contribution in [2.24, 2.45) is 5.92 Å². The summed E-state index contributed by atoms with van der Waals surface area (Å²) < 4.78 is 0. The molecule has 0 saturated carbocycles. The molecule has 0 N–H and O–H groups in total. The molecule has 0 spiro atoms. The molecule has 0 aromatic carbocycles. The zero-order valence-electron chi connectivity index (χ0n) is 11.7. The summed E-state index contributed by atoms with van der Waals surface area (Å²) in [5.41, 5.74) is 0. The van der Waals surface area contributed by atoms with Crippen LogP contribution in [0.15, 0.2) is 0 Å². The third-order valence-corrected chi connectivity index (χ3v) is 3.91. The van der Waals surface area contributed by atoms with Crippen LogP contribution in [0.1, 0.15) is 65.2 Å². The maximum atomic E-state index is 11.4. The number of hydrogen-bond acceptors (Lipinski definition) is 2. The predicted octanol–water partition coefficient (Wildman–Crippen LogP) is 3.65. The molecule has 0 amide bonds. The molecular weight excluding hydrogens is 210 g/mol. The maximum absolute atomic E-state index is 11.4. The molecule has 1 atom stereocenters. The summed E-state index contributed by atoms with van der Waals surface area (Å²) in [4.78, 5) is 13.9. The van der Waals surface area contributed by atoms with Crippen molar-refractivity contribution in [1.29, 1.82) is 0 Å². The summed E-state index contributed by atoms with van der Waals surface area (Å²) in [6.45, 7) is 7.44. The van der Waals surface area contributed by atoms with E-state index in [0.717, 1.165) is 13.0 Å². The van der Waals surface area contributed by atoms with Gasteiger partial charge in [-0.2, -0.15) is 0 Å². The number of nitrogens with zero attached hydrogens (tertiary/aromatic N) is 1. The molecular formula is C15H29NO. The number of piperidine rings is 1. The molecule has 2 nitrogen and oxygen atoms in total. The fourth-order valence-electron chi connectivity index (χ4n) is 2.71. The fourth-order valence-corrected chi connectivity index (χ4v) is 2.71. The second kappa shape index (κ2) is 8.68. The highest BCUT2D eigenvalue weighted by Crippen LogP contribution is 2.17. The van der Waals surface area contributed by atoms with E-state index in [1.54, 1.807) is 6.92 Å². The van der Waals surface area contributed by atoms with Gasteiger partial charge in [0.25, 0.3) is 0 Å². The molecule has 0 aliphatic carbocycles. The largest absolute Gasteiger partial charge is 0.303 e. The standard InChI is InChI=1S/C15H29NO/c1-3-4-5-6-7-8-11-16-12-9-10-15(13-16)14(2)17/h15H,3-13H2,1-2H3. The van der Waals surface area contributed by atoms with E-state index in [2.05, 4.69) is 11.8 Å². The van der Waals surface area contributed by atoms with Gasteiger partial charge in [0.1, 0.15) is 5.78 Å². The highest BCUT2D eigenvalue weighted by atomic mass is 16.1. The highest BCUT2D eigenvalue weighted by Gasteiger charge is 2.22. The van der Waals surface area contributed by atoms with Crippen molar-refractivity contribution >= 4 is 5.78 Å². The number of carbonyl (C=O) groups excluding carboxylic acids is 1. The van der Waals surface area contributed by atoms with Crippen molar-refractivity contribution in [2.75, 3.05) is 19.6 Å². The third kappa shape index (κ3) is 6.21.